The van der Waals surface area contributed by atoms with E-state index in [2.05, 4.69) is 26.2 Å². The standard InChI is InChI=1S/C12H10BrClN2/c1-8-10(14)5-2-6-11(8)16-12-9(13)4-3-7-15-12/h2-7H,1H3,(H,15,16). The van der Waals surface area contributed by atoms with Crippen molar-refractivity contribution in [1.29, 1.82) is 0 Å². The molecule has 0 unspecified atom stereocenters. The maximum absolute atomic E-state index is 6.05. The molecule has 16 heavy (non-hydrogen) atoms. The summed E-state index contributed by atoms with van der Waals surface area (Å²) in [6.45, 7) is 1.97. The first kappa shape index (κ1) is 11.4. The van der Waals surface area contributed by atoms with Crippen molar-refractivity contribution in [3.8, 4) is 0 Å². The minimum absolute atomic E-state index is 0.747. The Hall–Kier alpha value is -1.06. The van der Waals surface area contributed by atoms with Gasteiger partial charge in [0.25, 0.3) is 0 Å². The number of hydrogen-bond donors (Lipinski definition) is 1. The molecule has 0 spiro atoms. The molecule has 0 saturated heterocycles. The Kier molecular flexibility index (Phi) is 3.46. The summed E-state index contributed by atoms with van der Waals surface area (Å²) in [4.78, 5) is 4.24. The van der Waals surface area contributed by atoms with Crippen LogP contribution in [0.2, 0.25) is 5.02 Å². The second kappa shape index (κ2) is 4.85. The minimum Gasteiger partial charge on any atom is -0.339 e. The quantitative estimate of drug-likeness (QED) is 0.879. The van der Waals surface area contributed by atoms with E-state index in [1.54, 1.807) is 6.20 Å². The van der Waals surface area contributed by atoms with Gasteiger partial charge in [0.05, 0.1) is 4.47 Å². The summed E-state index contributed by atoms with van der Waals surface area (Å²) in [5, 5.41) is 3.99. The highest BCUT2D eigenvalue weighted by Gasteiger charge is 2.04. The van der Waals surface area contributed by atoms with Crippen LogP contribution in [0.15, 0.2) is 41.0 Å². The van der Waals surface area contributed by atoms with Gasteiger partial charge in [0.1, 0.15) is 5.82 Å². The third-order valence-electron chi connectivity index (χ3n) is 2.28. The third kappa shape index (κ3) is 2.36. The lowest BCUT2D eigenvalue weighted by Crippen LogP contribution is -1.96. The van der Waals surface area contributed by atoms with Gasteiger partial charge < -0.3 is 5.32 Å². The normalized spacial score (nSPS) is 10.2. The van der Waals surface area contributed by atoms with Crippen LogP contribution in [-0.2, 0) is 0 Å². The molecular weight excluding hydrogens is 288 g/mol. The number of pyridine rings is 1. The molecule has 0 radical (unpaired) electrons. The van der Waals surface area contributed by atoms with Gasteiger partial charge in [-0.25, -0.2) is 4.98 Å². The van der Waals surface area contributed by atoms with Gasteiger partial charge in [0.2, 0.25) is 0 Å². The lowest BCUT2D eigenvalue weighted by atomic mass is 10.2. The summed E-state index contributed by atoms with van der Waals surface area (Å²) in [5.74, 6) is 0.785. The number of nitrogens with one attached hydrogen (secondary N) is 1. The van der Waals surface area contributed by atoms with Crippen LogP contribution in [0.5, 0.6) is 0 Å². The van der Waals surface area contributed by atoms with Gasteiger partial charge in [-0.1, -0.05) is 17.7 Å². The molecule has 82 valence electrons. The van der Waals surface area contributed by atoms with Crippen molar-refractivity contribution >= 4 is 39.0 Å². The zero-order chi connectivity index (χ0) is 11.5. The molecule has 0 atom stereocenters. The van der Waals surface area contributed by atoms with Crippen molar-refractivity contribution in [2.45, 2.75) is 6.92 Å². The molecular formula is C12H10BrClN2. The van der Waals surface area contributed by atoms with E-state index in [0.29, 0.717) is 0 Å². The average molecular weight is 298 g/mol. The summed E-state index contributed by atoms with van der Waals surface area (Å²) in [6, 6.07) is 9.57. The van der Waals surface area contributed by atoms with Gasteiger partial charge >= 0.3 is 0 Å². The van der Waals surface area contributed by atoms with Crippen molar-refractivity contribution in [2.75, 3.05) is 5.32 Å². The third-order valence-corrected chi connectivity index (χ3v) is 3.33. The highest BCUT2D eigenvalue weighted by Crippen LogP contribution is 2.28. The van der Waals surface area contributed by atoms with Crippen molar-refractivity contribution in [1.82, 2.24) is 4.98 Å². The fourth-order valence-corrected chi connectivity index (χ4v) is 1.88. The zero-order valence-electron chi connectivity index (χ0n) is 8.67. The molecule has 2 aromatic rings. The largest absolute Gasteiger partial charge is 0.339 e. The number of aromatic nitrogens is 1. The molecule has 2 rings (SSSR count). The lowest BCUT2D eigenvalue weighted by Gasteiger charge is -2.10. The SMILES string of the molecule is Cc1c(Cl)cccc1Nc1ncccc1Br. The van der Waals surface area contributed by atoms with Gasteiger partial charge in [0.15, 0.2) is 0 Å². The molecule has 1 aromatic carbocycles. The Bertz CT molecular complexity index is 514. The highest BCUT2D eigenvalue weighted by atomic mass is 79.9. The summed E-state index contributed by atoms with van der Waals surface area (Å²) >= 11 is 9.49. The maximum atomic E-state index is 6.05. The molecule has 2 nitrogen and oxygen atoms in total. The van der Waals surface area contributed by atoms with E-state index in [9.17, 15) is 0 Å². The van der Waals surface area contributed by atoms with E-state index in [1.807, 2.05) is 37.3 Å². The molecule has 0 aliphatic heterocycles. The van der Waals surface area contributed by atoms with Gasteiger partial charge in [-0.2, -0.15) is 0 Å². The van der Waals surface area contributed by atoms with Gasteiger partial charge in [-0.05, 0) is 52.7 Å². The van der Waals surface area contributed by atoms with Crippen LogP contribution >= 0.6 is 27.5 Å². The summed E-state index contributed by atoms with van der Waals surface area (Å²) in [7, 11) is 0. The molecule has 0 bridgehead atoms. The van der Waals surface area contributed by atoms with Crippen LogP contribution in [-0.4, -0.2) is 4.98 Å². The second-order valence-corrected chi connectivity index (χ2v) is 4.63. The average Bonchev–Trinajstić information content (AvgIpc) is 2.28. The van der Waals surface area contributed by atoms with Crippen LogP contribution < -0.4 is 5.32 Å². The molecule has 4 heteroatoms. The van der Waals surface area contributed by atoms with Crippen LogP contribution in [0.4, 0.5) is 11.5 Å². The first-order chi connectivity index (χ1) is 7.68. The Morgan fingerprint density at radius 1 is 1.25 bits per heavy atom. The zero-order valence-corrected chi connectivity index (χ0v) is 11.0. The summed E-state index contributed by atoms with van der Waals surface area (Å²) < 4.78 is 0.925. The molecule has 0 amide bonds. The molecule has 0 aliphatic carbocycles. The lowest BCUT2D eigenvalue weighted by molar-refractivity contribution is 1.28. The van der Waals surface area contributed by atoms with E-state index in [4.69, 9.17) is 11.6 Å². The Morgan fingerprint density at radius 2 is 2.06 bits per heavy atom. The Morgan fingerprint density at radius 3 is 2.81 bits per heavy atom. The number of nitrogens with zero attached hydrogens (tertiary/aromatic N) is 1. The highest BCUT2D eigenvalue weighted by molar-refractivity contribution is 9.10. The predicted octanol–water partition coefficient (Wildman–Crippen LogP) is 4.55. The molecule has 0 aliphatic rings. The molecule has 1 N–H and O–H groups in total. The second-order valence-electron chi connectivity index (χ2n) is 3.37. The van der Waals surface area contributed by atoms with Gasteiger partial charge in [0, 0.05) is 16.9 Å². The number of anilines is 2. The van der Waals surface area contributed by atoms with E-state index in [0.717, 1.165) is 26.6 Å². The first-order valence-corrected chi connectivity index (χ1v) is 5.98. The Labute approximate surface area is 108 Å². The number of rotatable bonds is 2. The number of hydrogen-bond acceptors (Lipinski definition) is 2. The number of halogens is 2. The van der Waals surface area contributed by atoms with Gasteiger partial charge in [-0.3, -0.25) is 0 Å². The van der Waals surface area contributed by atoms with Crippen LogP contribution in [0.3, 0.4) is 0 Å². The molecule has 1 aromatic heterocycles. The molecule has 0 fully saturated rings. The maximum Gasteiger partial charge on any atom is 0.144 e. The van der Waals surface area contributed by atoms with Crippen molar-refractivity contribution in [3.05, 3.63) is 51.6 Å². The first-order valence-electron chi connectivity index (χ1n) is 4.81. The van der Waals surface area contributed by atoms with Crippen molar-refractivity contribution in [3.63, 3.8) is 0 Å². The molecule has 1 heterocycles. The van der Waals surface area contributed by atoms with Crippen molar-refractivity contribution < 1.29 is 0 Å². The predicted molar refractivity (Wildman–Crippen MR) is 71.4 cm³/mol. The summed E-state index contributed by atoms with van der Waals surface area (Å²) in [5.41, 5.74) is 1.98. The van der Waals surface area contributed by atoms with Crippen molar-refractivity contribution in [2.24, 2.45) is 0 Å². The summed E-state index contributed by atoms with van der Waals surface area (Å²) in [6.07, 6.45) is 1.74. The van der Waals surface area contributed by atoms with Gasteiger partial charge in [-0.15, -0.1) is 0 Å². The van der Waals surface area contributed by atoms with Crippen LogP contribution in [0.1, 0.15) is 5.56 Å². The van der Waals surface area contributed by atoms with Crippen LogP contribution in [0.25, 0.3) is 0 Å². The minimum atomic E-state index is 0.747. The fraction of sp³-hybridized carbons (Fsp3) is 0.0833. The van der Waals surface area contributed by atoms with E-state index in [-0.39, 0.29) is 0 Å². The van der Waals surface area contributed by atoms with E-state index >= 15 is 0 Å². The number of benzene rings is 1. The van der Waals surface area contributed by atoms with Crippen LogP contribution in [0, 0.1) is 6.92 Å². The monoisotopic (exact) mass is 296 g/mol. The molecule has 0 saturated carbocycles. The van der Waals surface area contributed by atoms with E-state index < -0.39 is 0 Å². The topological polar surface area (TPSA) is 24.9 Å². The van der Waals surface area contributed by atoms with E-state index in [1.165, 1.54) is 0 Å². The Balaban J connectivity index is 2.35. The fourth-order valence-electron chi connectivity index (χ4n) is 1.35. The smallest absolute Gasteiger partial charge is 0.144 e.